The maximum Gasteiger partial charge on any atom is 0.242 e. The average Bonchev–Trinajstić information content (AvgIpc) is 2.66. The van der Waals surface area contributed by atoms with Crippen molar-refractivity contribution in [3.05, 3.63) is 69.9 Å². The molecule has 0 spiro atoms. The van der Waals surface area contributed by atoms with Gasteiger partial charge in [-0.05, 0) is 50.1 Å². The summed E-state index contributed by atoms with van der Waals surface area (Å²) in [5, 5.41) is 2.87. The number of nitrogens with one attached hydrogen (secondary N) is 1. The van der Waals surface area contributed by atoms with Gasteiger partial charge in [-0.15, -0.1) is 11.8 Å². The van der Waals surface area contributed by atoms with Crippen molar-refractivity contribution < 1.29 is 14.0 Å². The van der Waals surface area contributed by atoms with Crippen LogP contribution in [0.1, 0.15) is 31.9 Å². The van der Waals surface area contributed by atoms with E-state index in [4.69, 9.17) is 0 Å². The van der Waals surface area contributed by atoms with Crippen molar-refractivity contribution in [2.75, 3.05) is 5.75 Å². The van der Waals surface area contributed by atoms with Gasteiger partial charge in [-0.3, -0.25) is 9.59 Å². The Morgan fingerprint density at radius 1 is 1.14 bits per heavy atom. The Bertz CT molecular complexity index is 847. The van der Waals surface area contributed by atoms with E-state index in [0.29, 0.717) is 17.9 Å². The number of carbonyl (C=O) groups excluding carboxylic acids is 2. The zero-order valence-corrected chi connectivity index (χ0v) is 19.2. The van der Waals surface area contributed by atoms with Crippen molar-refractivity contribution in [2.24, 2.45) is 0 Å². The van der Waals surface area contributed by atoms with Crippen LogP contribution in [0.2, 0.25) is 0 Å². The van der Waals surface area contributed by atoms with Gasteiger partial charge in [-0.1, -0.05) is 46.3 Å². The molecule has 0 aliphatic heterocycles. The topological polar surface area (TPSA) is 49.4 Å². The Labute approximate surface area is 184 Å². The third kappa shape index (κ3) is 7.48. The fourth-order valence-corrected chi connectivity index (χ4v) is 4.11. The standard InChI is InChI=1S/C22H26BrFN2O2S/c1-15(2)25-22(28)16(3)26(12-17-7-6-9-19(23)11-17)21(27)14-29-13-18-8-4-5-10-20(18)24/h4-11,15-16H,12-14H2,1-3H3,(H,25,28)/t16-/m1/s1. The van der Waals surface area contributed by atoms with Gasteiger partial charge in [0.15, 0.2) is 0 Å². The first-order chi connectivity index (χ1) is 13.8. The minimum Gasteiger partial charge on any atom is -0.352 e. The van der Waals surface area contributed by atoms with E-state index >= 15 is 0 Å². The summed E-state index contributed by atoms with van der Waals surface area (Å²) in [5.74, 6) is -0.0551. The van der Waals surface area contributed by atoms with Crippen LogP contribution in [0.3, 0.4) is 0 Å². The number of thioether (sulfide) groups is 1. The van der Waals surface area contributed by atoms with Crippen LogP contribution < -0.4 is 5.32 Å². The summed E-state index contributed by atoms with van der Waals surface area (Å²) in [4.78, 5) is 27.1. The number of hydrogen-bond acceptors (Lipinski definition) is 3. The largest absolute Gasteiger partial charge is 0.352 e. The molecule has 0 unspecified atom stereocenters. The third-order valence-corrected chi connectivity index (χ3v) is 5.74. The highest BCUT2D eigenvalue weighted by atomic mass is 79.9. The van der Waals surface area contributed by atoms with E-state index in [1.165, 1.54) is 17.8 Å². The maximum absolute atomic E-state index is 13.8. The van der Waals surface area contributed by atoms with Crippen LogP contribution in [-0.4, -0.2) is 34.6 Å². The zero-order chi connectivity index (χ0) is 21.4. The van der Waals surface area contributed by atoms with Crippen molar-refractivity contribution in [1.29, 1.82) is 0 Å². The van der Waals surface area contributed by atoms with E-state index in [9.17, 15) is 14.0 Å². The number of nitrogens with zero attached hydrogens (tertiary/aromatic N) is 1. The minimum atomic E-state index is -0.613. The molecule has 0 heterocycles. The summed E-state index contributed by atoms with van der Waals surface area (Å²) in [6, 6.07) is 13.6. The number of halogens is 2. The molecular formula is C22H26BrFN2O2S. The van der Waals surface area contributed by atoms with Crippen molar-refractivity contribution in [3.8, 4) is 0 Å². The van der Waals surface area contributed by atoms with Crippen LogP contribution in [0.5, 0.6) is 0 Å². The Balaban J connectivity index is 2.09. The molecule has 1 N–H and O–H groups in total. The number of rotatable bonds is 9. The molecule has 2 aromatic rings. The van der Waals surface area contributed by atoms with E-state index in [2.05, 4.69) is 21.2 Å². The molecule has 0 bridgehead atoms. The molecule has 2 rings (SSSR count). The summed E-state index contributed by atoms with van der Waals surface area (Å²) < 4.78 is 14.7. The fraction of sp³-hybridized carbons (Fsp3) is 0.364. The minimum absolute atomic E-state index is 0.0109. The van der Waals surface area contributed by atoms with E-state index in [1.807, 2.05) is 38.1 Å². The molecule has 0 fully saturated rings. The van der Waals surface area contributed by atoms with Gasteiger partial charge in [0, 0.05) is 22.8 Å². The van der Waals surface area contributed by atoms with Crippen LogP contribution in [0.4, 0.5) is 4.39 Å². The number of benzene rings is 2. The van der Waals surface area contributed by atoms with Crippen LogP contribution >= 0.6 is 27.7 Å². The molecule has 29 heavy (non-hydrogen) atoms. The first-order valence-corrected chi connectivity index (χ1v) is 11.4. The molecule has 0 aliphatic carbocycles. The molecule has 4 nitrogen and oxygen atoms in total. The second kappa shape index (κ2) is 11.4. The Morgan fingerprint density at radius 3 is 2.52 bits per heavy atom. The van der Waals surface area contributed by atoms with E-state index in [0.717, 1.165) is 10.0 Å². The lowest BCUT2D eigenvalue weighted by molar-refractivity contribution is -0.138. The number of hydrogen-bond donors (Lipinski definition) is 1. The molecule has 1 atom stereocenters. The fourth-order valence-electron chi connectivity index (χ4n) is 2.77. The van der Waals surface area contributed by atoms with Crippen LogP contribution in [0.25, 0.3) is 0 Å². The summed E-state index contributed by atoms with van der Waals surface area (Å²) >= 11 is 4.78. The lowest BCUT2D eigenvalue weighted by atomic mass is 10.1. The molecule has 2 amide bonds. The van der Waals surface area contributed by atoms with Gasteiger partial charge in [0.05, 0.1) is 5.75 Å². The first kappa shape index (κ1) is 23.4. The van der Waals surface area contributed by atoms with Gasteiger partial charge < -0.3 is 10.2 Å². The van der Waals surface area contributed by atoms with Crippen LogP contribution in [-0.2, 0) is 21.9 Å². The lowest BCUT2D eigenvalue weighted by Crippen LogP contribution is -2.49. The Kier molecular flexibility index (Phi) is 9.17. The lowest BCUT2D eigenvalue weighted by Gasteiger charge is -2.29. The predicted octanol–water partition coefficient (Wildman–Crippen LogP) is 4.76. The number of amides is 2. The molecular weight excluding hydrogens is 455 g/mol. The van der Waals surface area contributed by atoms with E-state index in [1.54, 1.807) is 30.0 Å². The maximum atomic E-state index is 13.8. The van der Waals surface area contributed by atoms with E-state index in [-0.39, 0.29) is 29.4 Å². The Morgan fingerprint density at radius 2 is 1.86 bits per heavy atom. The van der Waals surface area contributed by atoms with Gasteiger partial charge in [-0.25, -0.2) is 4.39 Å². The SMILES string of the molecule is CC(C)NC(=O)[C@@H](C)N(Cc1cccc(Br)c1)C(=O)CSCc1ccccc1F. The van der Waals surface area contributed by atoms with Gasteiger partial charge in [0.25, 0.3) is 0 Å². The summed E-state index contributed by atoms with van der Waals surface area (Å²) in [7, 11) is 0. The molecule has 0 radical (unpaired) electrons. The van der Waals surface area contributed by atoms with Crippen molar-refractivity contribution in [2.45, 2.75) is 45.2 Å². The van der Waals surface area contributed by atoms with E-state index < -0.39 is 6.04 Å². The van der Waals surface area contributed by atoms with Gasteiger partial charge >= 0.3 is 0 Å². The Hall–Kier alpha value is -1.86. The quantitative estimate of drug-likeness (QED) is 0.562. The molecule has 0 saturated heterocycles. The molecule has 156 valence electrons. The summed E-state index contributed by atoms with van der Waals surface area (Å²) in [5.41, 5.74) is 1.49. The van der Waals surface area contributed by atoms with Crippen LogP contribution in [0.15, 0.2) is 53.0 Å². The normalized spacial score (nSPS) is 11.9. The van der Waals surface area contributed by atoms with Crippen molar-refractivity contribution in [1.82, 2.24) is 10.2 Å². The van der Waals surface area contributed by atoms with Gasteiger partial charge in [0.2, 0.25) is 11.8 Å². The average molecular weight is 481 g/mol. The monoisotopic (exact) mass is 480 g/mol. The first-order valence-electron chi connectivity index (χ1n) is 9.43. The smallest absolute Gasteiger partial charge is 0.242 e. The third-order valence-electron chi connectivity index (χ3n) is 4.28. The molecule has 0 aromatic heterocycles. The van der Waals surface area contributed by atoms with Crippen molar-refractivity contribution in [3.63, 3.8) is 0 Å². The van der Waals surface area contributed by atoms with Crippen molar-refractivity contribution >= 4 is 39.5 Å². The number of carbonyl (C=O) groups is 2. The molecule has 0 saturated carbocycles. The second-order valence-corrected chi connectivity index (χ2v) is 8.98. The highest BCUT2D eigenvalue weighted by molar-refractivity contribution is 9.10. The highest BCUT2D eigenvalue weighted by Gasteiger charge is 2.26. The predicted molar refractivity (Wildman–Crippen MR) is 120 cm³/mol. The molecule has 2 aromatic carbocycles. The van der Waals surface area contributed by atoms with Gasteiger partial charge in [-0.2, -0.15) is 0 Å². The second-order valence-electron chi connectivity index (χ2n) is 7.08. The van der Waals surface area contributed by atoms with Crippen LogP contribution in [0, 0.1) is 5.82 Å². The highest BCUT2D eigenvalue weighted by Crippen LogP contribution is 2.19. The molecule has 7 heteroatoms. The summed E-state index contributed by atoms with van der Waals surface area (Å²) in [6.45, 7) is 5.82. The zero-order valence-electron chi connectivity index (χ0n) is 16.8. The summed E-state index contributed by atoms with van der Waals surface area (Å²) in [6.07, 6.45) is 0. The molecule has 0 aliphatic rings. The van der Waals surface area contributed by atoms with Gasteiger partial charge in [0.1, 0.15) is 11.9 Å².